The largest absolute Gasteiger partial charge is 0.490 e. The van der Waals surface area contributed by atoms with Gasteiger partial charge in [-0.1, -0.05) is 6.07 Å². The van der Waals surface area contributed by atoms with E-state index in [-0.39, 0.29) is 11.9 Å². The molecule has 3 aromatic rings. The third-order valence-corrected chi connectivity index (χ3v) is 5.02. The number of carbonyl (C=O) groups excluding carboxylic acids is 1. The zero-order valence-corrected chi connectivity index (χ0v) is 17.1. The van der Waals surface area contributed by atoms with Gasteiger partial charge in [0.15, 0.2) is 11.5 Å². The summed E-state index contributed by atoms with van der Waals surface area (Å²) in [6.45, 7) is 3.60. The van der Waals surface area contributed by atoms with Crippen molar-refractivity contribution in [2.75, 3.05) is 13.2 Å². The number of nitrogens with one attached hydrogen (secondary N) is 1. The standard InChI is InChI=1S/C23H25N3O4/c1-16(18-6-9-20-21(14-18)29-13-3-12-28-20)25-23(27)17-4-7-19(8-5-17)30-15-22-24-10-11-26(22)2/h4-11,14,16H,3,12-13,15H2,1-2H3,(H,25,27). The zero-order chi connectivity index (χ0) is 20.9. The van der Waals surface area contributed by atoms with E-state index in [2.05, 4.69) is 10.3 Å². The Labute approximate surface area is 175 Å². The highest BCUT2D eigenvalue weighted by molar-refractivity contribution is 5.94. The summed E-state index contributed by atoms with van der Waals surface area (Å²) in [6, 6.07) is 12.7. The molecule has 1 aliphatic heterocycles. The molecular formula is C23H25N3O4. The van der Waals surface area contributed by atoms with Gasteiger partial charge < -0.3 is 24.1 Å². The molecule has 1 aromatic heterocycles. The van der Waals surface area contributed by atoms with Gasteiger partial charge in [0.05, 0.1) is 19.3 Å². The molecule has 7 nitrogen and oxygen atoms in total. The van der Waals surface area contributed by atoms with Crippen LogP contribution < -0.4 is 19.5 Å². The molecule has 1 amide bonds. The molecule has 0 aliphatic carbocycles. The van der Waals surface area contributed by atoms with E-state index in [1.807, 2.05) is 42.9 Å². The molecule has 1 aliphatic rings. The highest BCUT2D eigenvalue weighted by atomic mass is 16.5. The first-order chi connectivity index (χ1) is 14.6. The van der Waals surface area contributed by atoms with Gasteiger partial charge in [0, 0.05) is 31.4 Å². The van der Waals surface area contributed by atoms with E-state index in [0.29, 0.717) is 31.1 Å². The number of imidazole rings is 1. The molecule has 1 N–H and O–H groups in total. The Morgan fingerprint density at radius 1 is 1.17 bits per heavy atom. The second-order valence-corrected chi connectivity index (χ2v) is 7.22. The molecule has 2 heterocycles. The normalized spacial score (nSPS) is 13.9. The van der Waals surface area contributed by atoms with Gasteiger partial charge in [-0.25, -0.2) is 4.98 Å². The van der Waals surface area contributed by atoms with Crippen LogP contribution in [0.15, 0.2) is 54.9 Å². The molecule has 1 atom stereocenters. The number of fused-ring (bicyclic) bond motifs is 1. The van der Waals surface area contributed by atoms with Crippen molar-refractivity contribution < 1.29 is 19.0 Å². The molecule has 2 aromatic carbocycles. The van der Waals surface area contributed by atoms with Crippen molar-refractivity contribution in [3.8, 4) is 17.2 Å². The Kier molecular flexibility index (Phi) is 5.88. The van der Waals surface area contributed by atoms with Crippen LogP contribution in [0.1, 0.15) is 41.1 Å². The van der Waals surface area contributed by atoms with E-state index in [1.54, 1.807) is 30.5 Å². The van der Waals surface area contributed by atoms with E-state index in [1.165, 1.54) is 0 Å². The van der Waals surface area contributed by atoms with Crippen LogP contribution >= 0.6 is 0 Å². The second kappa shape index (κ2) is 8.90. The van der Waals surface area contributed by atoms with Crippen molar-refractivity contribution in [2.45, 2.75) is 26.0 Å². The fourth-order valence-corrected chi connectivity index (χ4v) is 3.20. The highest BCUT2D eigenvalue weighted by Gasteiger charge is 2.16. The summed E-state index contributed by atoms with van der Waals surface area (Å²) in [4.78, 5) is 16.9. The zero-order valence-electron chi connectivity index (χ0n) is 17.1. The summed E-state index contributed by atoms with van der Waals surface area (Å²) in [5, 5.41) is 3.03. The number of hydrogen-bond donors (Lipinski definition) is 1. The summed E-state index contributed by atoms with van der Waals surface area (Å²) < 4.78 is 19.1. The molecular weight excluding hydrogens is 382 g/mol. The smallest absolute Gasteiger partial charge is 0.251 e. The fourth-order valence-electron chi connectivity index (χ4n) is 3.20. The lowest BCUT2D eigenvalue weighted by Gasteiger charge is -2.16. The van der Waals surface area contributed by atoms with Crippen LogP contribution in [-0.2, 0) is 13.7 Å². The minimum absolute atomic E-state index is 0.148. The van der Waals surface area contributed by atoms with Gasteiger partial charge in [0.2, 0.25) is 0 Å². The molecule has 156 valence electrons. The van der Waals surface area contributed by atoms with Crippen molar-refractivity contribution in [2.24, 2.45) is 7.05 Å². The maximum atomic E-state index is 12.7. The van der Waals surface area contributed by atoms with Crippen molar-refractivity contribution >= 4 is 5.91 Å². The number of aryl methyl sites for hydroxylation is 1. The number of nitrogens with zero attached hydrogens (tertiary/aromatic N) is 2. The lowest BCUT2D eigenvalue weighted by Crippen LogP contribution is -2.26. The Morgan fingerprint density at radius 2 is 1.93 bits per heavy atom. The van der Waals surface area contributed by atoms with E-state index in [4.69, 9.17) is 14.2 Å². The number of benzene rings is 2. The second-order valence-electron chi connectivity index (χ2n) is 7.22. The van der Waals surface area contributed by atoms with Crippen molar-refractivity contribution in [3.63, 3.8) is 0 Å². The molecule has 7 heteroatoms. The lowest BCUT2D eigenvalue weighted by atomic mass is 10.1. The maximum Gasteiger partial charge on any atom is 0.251 e. The van der Waals surface area contributed by atoms with Crippen LogP contribution in [0.5, 0.6) is 17.2 Å². The Morgan fingerprint density at radius 3 is 2.67 bits per heavy atom. The maximum absolute atomic E-state index is 12.7. The highest BCUT2D eigenvalue weighted by Crippen LogP contribution is 2.32. The molecule has 0 saturated heterocycles. The third-order valence-electron chi connectivity index (χ3n) is 5.02. The lowest BCUT2D eigenvalue weighted by molar-refractivity contribution is 0.0939. The number of carbonyl (C=O) groups is 1. The average Bonchev–Trinajstić information content (AvgIpc) is 3.03. The number of ether oxygens (including phenoxy) is 3. The predicted octanol–water partition coefficient (Wildman–Crippen LogP) is 3.65. The minimum Gasteiger partial charge on any atom is -0.490 e. The van der Waals surface area contributed by atoms with E-state index in [9.17, 15) is 4.79 Å². The summed E-state index contributed by atoms with van der Waals surface area (Å²) in [6.07, 6.45) is 4.46. The third kappa shape index (κ3) is 4.56. The summed E-state index contributed by atoms with van der Waals surface area (Å²) in [5.74, 6) is 2.84. The van der Waals surface area contributed by atoms with Gasteiger partial charge in [-0.3, -0.25) is 4.79 Å². The summed E-state index contributed by atoms with van der Waals surface area (Å²) >= 11 is 0. The van der Waals surface area contributed by atoms with Gasteiger partial charge in [-0.05, 0) is 48.9 Å². The van der Waals surface area contributed by atoms with Crippen molar-refractivity contribution in [1.82, 2.24) is 14.9 Å². The van der Waals surface area contributed by atoms with E-state index >= 15 is 0 Å². The summed E-state index contributed by atoms with van der Waals surface area (Å²) in [7, 11) is 1.92. The molecule has 0 radical (unpaired) electrons. The van der Waals surface area contributed by atoms with Gasteiger partial charge >= 0.3 is 0 Å². The topological polar surface area (TPSA) is 74.6 Å². The molecule has 0 bridgehead atoms. The van der Waals surface area contributed by atoms with Crippen LogP contribution in [-0.4, -0.2) is 28.7 Å². The van der Waals surface area contributed by atoms with Crippen molar-refractivity contribution in [3.05, 3.63) is 71.8 Å². The Balaban J connectivity index is 1.36. The molecule has 0 fully saturated rings. The fraction of sp³-hybridized carbons (Fsp3) is 0.304. The minimum atomic E-state index is -0.172. The predicted molar refractivity (Wildman–Crippen MR) is 112 cm³/mol. The first kappa shape index (κ1) is 19.8. The van der Waals surface area contributed by atoms with E-state index in [0.717, 1.165) is 29.3 Å². The average molecular weight is 407 g/mol. The number of hydrogen-bond acceptors (Lipinski definition) is 5. The number of rotatable bonds is 6. The molecule has 30 heavy (non-hydrogen) atoms. The van der Waals surface area contributed by atoms with Gasteiger partial charge in [-0.2, -0.15) is 0 Å². The Hall–Kier alpha value is -3.48. The molecule has 1 unspecified atom stereocenters. The van der Waals surface area contributed by atoms with Crippen LogP contribution in [0.25, 0.3) is 0 Å². The van der Waals surface area contributed by atoms with Crippen molar-refractivity contribution in [1.29, 1.82) is 0 Å². The van der Waals surface area contributed by atoms with Crippen LogP contribution in [0.2, 0.25) is 0 Å². The number of amides is 1. The van der Waals surface area contributed by atoms with Crippen LogP contribution in [0, 0.1) is 0 Å². The van der Waals surface area contributed by atoms with Gasteiger partial charge in [-0.15, -0.1) is 0 Å². The molecule has 0 spiro atoms. The van der Waals surface area contributed by atoms with Gasteiger partial charge in [0.1, 0.15) is 18.2 Å². The SMILES string of the molecule is CC(NC(=O)c1ccc(OCc2nccn2C)cc1)c1ccc2c(c1)OCCCO2. The quantitative estimate of drug-likeness (QED) is 0.675. The summed E-state index contributed by atoms with van der Waals surface area (Å²) in [5.41, 5.74) is 1.53. The van der Waals surface area contributed by atoms with E-state index < -0.39 is 0 Å². The van der Waals surface area contributed by atoms with Gasteiger partial charge in [0.25, 0.3) is 5.91 Å². The van der Waals surface area contributed by atoms with Crippen LogP contribution in [0.3, 0.4) is 0 Å². The molecule has 4 rings (SSSR count). The Bertz CT molecular complexity index is 1010. The number of aromatic nitrogens is 2. The van der Waals surface area contributed by atoms with Crippen LogP contribution in [0.4, 0.5) is 0 Å². The monoisotopic (exact) mass is 407 g/mol. The first-order valence-corrected chi connectivity index (χ1v) is 9.99. The first-order valence-electron chi connectivity index (χ1n) is 9.99. The molecule has 0 saturated carbocycles.